The standard InChI is InChI=1S/C13H16FN3O/c1-3-7-16-13(15-4-2)17-9-10-5-6-12(18)11(14)8-10/h1,5-6,8,18H,4,7,9H2,2H3,(H2,15,16,17). The highest BCUT2D eigenvalue weighted by Crippen LogP contribution is 2.16. The van der Waals surface area contributed by atoms with Crippen LogP contribution < -0.4 is 10.6 Å². The minimum Gasteiger partial charge on any atom is -0.505 e. The van der Waals surface area contributed by atoms with Crippen LogP contribution in [0.5, 0.6) is 5.75 Å². The molecular weight excluding hydrogens is 233 g/mol. The van der Waals surface area contributed by atoms with E-state index in [1.165, 1.54) is 12.1 Å². The minimum absolute atomic E-state index is 0.303. The molecule has 0 atom stereocenters. The van der Waals surface area contributed by atoms with Crippen molar-refractivity contribution in [2.75, 3.05) is 13.1 Å². The molecule has 0 fully saturated rings. The Labute approximate surface area is 106 Å². The molecule has 3 N–H and O–H groups in total. The number of nitrogens with zero attached hydrogens (tertiary/aromatic N) is 1. The first kappa shape index (κ1) is 13.8. The Morgan fingerprint density at radius 1 is 1.50 bits per heavy atom. The molecule has 0 aliphatic rings. The van der Waals surface area contributed by atoms with E-state index in [1.807, 2.05) is 6.92 Å². The highest BCUT2D eigenvalue weighted by Gasteiger charge is 2.01. The molecule has 4 nitrogen and oxygen atoms in total. The van der Waals surface area contributed by atoms with E-state index >= 15 is 0 Å². The Hall–Kier alpha value is -2.22. The van der Waals surface area contributed by atoms with Gasteiger partial charge in [-0.25, -0.2) is 9.38 Å². The molecule has 0 spiro atoms. The van der Waals surface area contributed by atoms with E-state index in [0.717, 1.165) is 0 Å². The summed E-state index contributed by atoms with van der Waals surface area (Å²) in [5.74, 6) is 2.01. The summed E-state index contributed by atoms with van der Waals surface area (Å²) in [5.41, 5.74) is 0.670. The van der Waals surface area contributed by atoms with E-state index in [-0.39, 0.29) is 5.75 Å². The predicted molar refractivity (Wildman–Crippen MR) is 69.7 cm³/mol. The quantitative estimate of drug-likeness (QED) is 0.427. The van der Waals surface area contributed by atoms with Crippen molar-refractivity contribution < 1.29 is 9.50 Å². The molecule has 0 amide bonds. The Bertz CT molecular complexity index is 466. The van der Waals surface area contributed by atoms with Crippen LogP contribution in [0.2, 0.25) is 0 Å². The Balaban J connectivity index is 2.68. The molecule has 0 aliphatic carbocycles. The summed E-state index contributed by atoms with van der Waals surface area (Å²) in [4.78, 5) is 4.24. The van der Waals surface area contributed by atoms with Crippen molar-refractivity contribution in [2.24, 2.45) is 4.99 Å². The molecule has 1 aromatic rings. The summed E-state index contributed by atoms with van der Waals surface area (Å²) in [7, 11) is 0. The number of hydrogen-bond acceptors (Lipinski definition) is 2. The van der Waals surface area contributed by atoms with Gasteiger partial charge in [-0.3, -0.25) is 0 Å². The summed E-state index contributed by atoms with van der Waals surface area (Å²) in [6.45, 7) is 3.32. The SMILES string of the molecule is C#CCNC(=NCc1ccc(O)c(F)c1)NCC. The van der Waals surface area contributed by atoms with E-state index in [1.54, 1.807) is 6.07 Å². The van der Waals surface area contributed by atoms with Crippen molar-refractivity contribution in [3.8, 4) is 18.1 Å². The number of nitrogens with one attached hydrogen (secondary N) is 2. The van der Waals surface area contributed by atoms with Crippen molar-refractivity contribution in [3.05, 3.63) is 29.6 Å². The van der Waals surface area contributed by atoms with Crippen LogP contribution in [-0.2, 0) is 6.54 Å². The highest BCUT2D eigenvalue weighted by molar-refractivity contribution is 5.79. The Morgan fingerprint density at radius 2 is 2.28 bits per heavy atom. The number of guanidine groups is 1. The molecule has 0 radical (unpaired) electrons. The third-order valence-corrected chi connectivity index (χ3v) is 2.13. The molecule has 1 rings (SSSR count). The van der Waals surface area contributed by atoms with Gasteiger partial charge in [0.25, 0.3) is 0 Å². The van der Waals surface area contributed by atoms with Crippen LogP contribution in [0.4, 0.5) is 4.39 Å². The van der Waals surface area contributed by atoms with Crippen LogP contribution in [-0.4, -0.2) is 24.2 Å². The number of phenols is 1. The first-order valence-corrected chi connectivity index (χ1v) is 5.60. The molecule has 1 aromatic carbocycles. The van der Waals surface area contributed by atoms with E-state index in [0.29, 0.717) is 31.2 Å². The van der Waals surface area contributed by atoms with E-state index in [4.69, 9.17) is 11.5 Å². The van der Waals surface area contributed by atoms with Crippen LogP contribution in [0, 0.1) is 18.2 Å². The highest BCUT2D eigenvalue weighted by atomic mass is 19.1. The summed E-state index contributed by atoms with van der Waals surface area (Å²) < 4.78 is 13.1. The van der Waals surface area contributed by atoms with Crippen molar-refractivity contribution >= 4 is 5.96 Å². The van der Waals surface area contributed by atoms with Crippen LogP contribution in [0.1, 0.15) is 12.5 Å². The summed E-state index contributed by atoms with van der Waals surface area (Å²) in [6.07, 6.45) is 5.14. The second kappa shape index (κ2) is 7.17. The molecular formula is C13H16FN3O. The van der Waals surface area contributed by atoms with Gasteiger partial charge < -0.3 is 15.7 Å². The van der Waals surface area contributed by atoms with E-state index in [2.05, 4.69) is 21.5 Å². The lowest BCUT2D eigenvalue weighted by Crippen LogP contribution is -2.37. The fourth-order valence-electron chi connectivity index (χ4n) is 1.30. The molecule has 18 heavy (non-hydrogen) atoms. The molecule has 0 aromatic heterocycles. The van der Waals surface area contributed by atoms with Gasteiger partial charge in [0.2, 0.25) is 0 Å². The number of hydrogen-bond donors (Lipinski definition) is 3. The topological polar surface area (TPSA) is 56.7 Å². The Morgan fingerprint density at radius 3 is 2.89 bits per heavy atom. The third-order valence-electron chi connectivity index (χ3n) is 2.13. The van der Waals surface area contributed by atoms with Crippen LogP contribution >= 0.6 is 0 Å². The smallest absolute Gasteiger partial charge is 0.192 e. The van der Waals surface area contributed by atoms with Gasteiger partial charge in [0.05, 0.1) is 13.1 Å². The zero-order valence-corrected chi connectivity index (χ0v) is 10.2. The monoisotopic (exact) mass is 249 g/mol. The minimum atomic E-state index is -0.649. The second-order valence-corrected chi connectivity index (χ2v) is 3.54. The van der Waals surface area contributed by atoms with Crippen LogP contribution in [0.15, 0.2) is 23.2 Å². The number of aliphatic imine (C=N–C) groups is 1. The lowest BCUT2D eigenvalue weighted by Gasteiger charge is -2.08. The first-order chi connectivity index (χ1) is 8.67. The lowest BCUT2D eigenvalue weighted by atomic mass is 10.2. The van der Waals surface area contributed by atoms with Crippen molar-refractivity contribution in [1.29, 1.82) is 0 Å². The molecule has 0 unspecified atom stereocenters. The largest absolute Gasteiger partial charge is 0.505 e. The third kappa shape index (κ3) is 4.34. The summed E-state index contributed by atoms with van der Waals surface area (Å²) >= 11 is 0. The fraction of sp³-hybridized carbons (Fsp3) is 0.308. The zero-order chi connectivity index (χ0) is 13.4. The zero-order valence-electron chi connectivity index (χ0n) is 10.2. The molecule has 0 heterocycles. The predicted octanol–water partition coefficient (Wildman–Crippen LogP) is 1.22. The van der Waals surface area contributed by atoms with E-state index < -0.39 is 5.82 Å². The van der Waals surface area contributed by atoms with Gasteiger partial charge in [-0.1, -0.05) is 12.0 Å². The van der Waals surface area contributed by atoms with Gasteiger partial charge in [0, 0.05) is 6.54 Å². The molecule has 0 aliphatic heterocycles. The summed E-state index contributed by atoms with van der Waals surface area (Å²) in [5, 5.41) is 15.0. The van der Waals surface area contributed by atoms with Gasteiger partial charge in [0.1, 0.15) is 0 Å². The normalized spacial score (nSPS) is 10.8. The summed E-state index contributed by atoms with van der Waals surface area (Å²) in [6, 6.07) is 4.18. The number of benzene rings is 1. The molecule has 5 heteroatoms. The number of terminal acetylenes is 1. The molecule has 0 saturated heterocycles. The number of halogens is 1. The molecule has 0 saturated carbocycles. The number of rotatable bonds is 4. The fourth-order valence-corrected chi connectivity index (χ4v) is 1.30. The average molecular weight is 249 g/mol. The second-order valence-electron chi connectivity index (χ2n) is 3.54. The van der Waals surface area contributed by atoms with Crippen molar-refractivity contribution in [1.82, 2.24) is 10.6 Å². The van der Waals surface area contributed by atoms with Gasteiger partial charge in [0.15, 0.2) is 17.5 Å². The van der Waals surface area contributed by atoms with Gasteiger partial charge in [-0.2, -0.15) is 0 Å². The van der Waals surface area contributed by atoms with Crippen LogP contribution in [0.25, 0.3) is 0 Å². The maximum absolute atomic E-state index is 13.1. The van der Waals surface area contributed by atoms with Gasteiger partial charge in [-0.05, 0) is 24.6 Å². The first-order valence-electron chi connectivity index (χ1n) is 5.60. The maximum Gasteiger partial charge on any atom is 0.192 e. The van der Waals surface area contributed by atoms with Crippen molar-refractivity contribution in [2.45, 2.75) is 13.5 Å². The van der Waals surface area contributed by atoms with Crippen LogP contribution in [0.3, 0.4) is 0 Å². The van der Waals surface area contributed by atoms with Gasteiger partial charge in [-0.15, -0.1) is 6.42 Å². The maximum atomic E-state index is 13.1. The number of phenolic OH excluding ortho intramolecular Hbond substituents is 1. The van der Waals surface area contributed by atoms with E-state index in [9.17, 15) is 4.39 Å². The molecule has 0 bridgehead atoms. The van der Waals surface area contributed by atoms with Gasteiger partial charge >= 0.3 is 0 Å². The number of aromatic hydroxyl groups is 1. The Kier molecular flexibility index (Phi) is 5.52. The average Bonchev–Trinajstić information content (AvgIpc) is 2.37. The van der Waals surface area contributed by atoms with Crippen molar-refractivity contribution in [3.63, 3.8) is 0 Å². The lowest BCUT2D eigenvalue weighted by molar-refractivity contribution is 0.432. The molecule has 96 valence electrons.